The van der Waals surface area contributed by atoms with E-state index in [1.807, 2.05) is 0 Å². The summed E-state index contributed by atoms with van der Waals surface area (Å²) in [5.74, 6) is 0. The number of H-pyrrole nitrogens is 1. The Morgan fingerprint density at radius 2 is 2.11 bits per heavy atom. The van der Waals surface area contributed by atoms with Gasteiger partial charge in [-0.15, -0.1) is 0 Å². The van der Waals surface area contributed by atoms with E-state index in [2.05, 4.69) is 15.2 Å². The number of aldehydes is 1. The number of hydrogen-bond donors (Lipinski definition) is 1. The number of hydrogen-bond acceptors (Lipinski definition) is 4. The number of rotatable bonds is 3. The Labute approximate surface area is 104 Å². The quantitative estimate of drug-likeness (QED) is 0.874. The average Bonchev–Trinajstić information content (AvgIpc) is 2.81. The van der Waals surface area contributed by atoms with Crippen LogP contribution in [0.4, 0.5) is 13.2 Å². The van der Waals surface area contributed by atoms with E-state index in [0.717, 1.165) is 17.8 Å². The molecule has 0 aliphatic rings. The predicted octanol–water partition coefficient (Wildman–Crippen LogP) is 2.79. The van der Waals surface area contributed by atoms with E-state index in [9.17, 15) is 18.0 Å². The number of carbonyl (C=O) groups is 1. The number of aromatic amines is 1. The molecule has 8 heteroatoms. The molecule has 0 fully saturated rings. The second kappa shape index (κ2) is 4.81. The molecule has 0 unspecified atom stereocenters. The molecule has 94 valence electrons. The highest BCUT2D eigenvalue weighted by atomic mass is 32.2. The molecule has 0 saturated heterocycles. The van der Waals surface area contributed by atoms with Crippen LogP contribution in [-0.2, 0) is 6.18 Å². The Morgan fingerprint density at radius 3 is 2.67 bits per heavy atom. The molecular formula is C10H6F3N3OS. The van der Waals surface area contributed by atoms with Crippen molar-refractivity contribution in [3.05, 3.63) is 35.7 Å². The van der Waals surface area contributed by atoms with E-state index in [1.165, 1.54) is 18.5 Å². The molecule has 0 aliphatic carbocycles. The zero-order valence-corrected chi connectivity index (χ0v) is 9.55. The molecule has 4 nitrogen and oxygen atoms in total. The summed E-state index contributed by atoms with van der Waals surface area (Å²) < 4.78 is 38.5. The second-order valence-corrected chi connectivity index (χ2v) is 4.29. The Hall–Kier alpha value is -1.83. The van der Waals surface area contributed by atoms with Crippen molar-refractivity contribution in [3.63, 3.8) is 0 Å². The van der Waals surface area contributed by atoms with Crippen LogP contribution in [0.5, 0.6) is 0 Å². The minimum Gasteiger partial charge on any atom is -0.298 e. The van der Waals surface area contributed by atoms with Crippen LogP contribution in [-0.4, -0.2) is 21.5 Å². The van der Waals surface area contributed by atoms with E-state index >= 15 is 0 Å². The molecule has 1 aromatic heterocycles. The number of benzene rings is 1. The summed E-state index contributed by atoms with van der Waals surface area (Å²) >= 11 is 0.802. The van der Waals surface area contributed by atoms with Crippen molar-refractivity contribution >= 4 is 18.0 Å². The highest BCUT2D eigenvalue weighted by Crippen LogP contribution is 2.38. The van der Waals surface area contributed by atoms with Crippen molar-refractivity contribution in [1.82, 2.24) is 15.2 Å². The molecular weight excluding hydrogens is 267 g/mol. The number of carbonyl (C=O) groups excluding carboxylic acids is 1. The van der Waals surface area contributed by atoms with E-state index < -0.39 is 11.7 Å². The van der Waals surface area contributed by atoms with Crippen LogP contribution in [0.15, 0.2) is 34.6 Å². The van der Waals surface area contributed by atoms with Gasteiger partial charge in [-0.2, -0.15) is 18.3 Å². The van der Waals surface area contributed by atoms with Crippen LogP contribution in [0.25, 0.3) is 0 Å². The van der Waals surface area contributed by atoms with Gasteiger partial charge in [0.05, 0.1) is 5.56 Å². The van der Waals surface area contributed by atoms with Crippen molar-refractivity contribution in [1.29, 1.82) is 0 Å². The van der Waals surface area contributed by atoms with E-state index in [0.29, 0.717) is 6.29 Å². The lowest BCUT2D eigenvalue weighted by Gasteiger charge is -2.11. The summed E-state index contributed by atoms with van der Waals surface area (Å²) in [6.45, 7) is 0. The zero-order chi connectivity index (χ0) is 13.2. The highest BCUT2D eigenvalue weighted by molar-refractivity contribution is 7.99. The van der Waals surface area contributed by atoms with Gasteiger partial charge in [0.1, 0.15) is 12.6 Å². The van der Waals surface area contributed by atoms with Gasteiger partial charge in [-0.1, -0.05) is 6.07 Å². The normalized spacial score (nSPS) is 11.5. The van der Waals surface area contributed by atoms with Crippen molar-refractivity contribution in [2.75, 3.05) is 0 Å². The van der Waals surface area contributed by atoms with E-state index in [-0.39, 0.29) is 15.6 Å². The predicted molar refractivity (Wildman–Crippen MR) is 57.3 cm³/mol. The highest BCUT2D eigenvalue weighted by Gasteiger charge is 2.34. The maximum absolute atomic E-state index is 12.8. The summed E-state index contributed by atoms with van der Waals surface area (Å²) in [7, 11) is 0. The lowest BCUT2D eigenvalue weighted by molar-refractivity contribution is -0.139. The molecule has 0 bridgehead atoms. The van der Waals surface area contributed by atoms with E-state index in [4.69, 9.17) is 0 Å². The Balaban J connectivity index is 2.43. The first kappa shape index (κ1) is 12.6. The smallest absolute Gasteiger partial charge is 0.298 e. The molecule has 0 radical (unpaired) electrons. The Kier molecular flexibility index (Phi) is 3.37. The number of alkyl halides is 3. The number of nitrogens with zero attached hydrogens (tertiary/aromatic N) is 2. The largest absolute Gasteiger partial charge is 0.417 e. The van der Waals surface area contributed by atoms with Crippen molar-refractivity contribution < 1.29 is 18.0 Å². The third-order valence-electron chi connectivity index (χ3n) is 2.04. The lowest BCUT2D eigenvalue weighted by Crippen LogP contribution is -2.07. The molecule has 0 aliphatic heterocycles. The average molecular weight is 273 g/mol. The summed E-state index contributed by atoms with van der Waals surface area (Å²) in [5.41, 5.74) is -0.891. The van der Waals surface area contributed by atoms with Gasteiger partial charge < -0.3 is 0 Å². The molecule has 2 aromatic rings. The number of aromatic nitrogens is 3. The van der Waals surface area contributed by atoms with Crippen LogP contribution in [0.2, 0.25) is 0 Å². The van der Waals surface area contributed by atoms with Crippen LogP contribution in [0.1, 0.15) is 15.9 Å². The maximum atomic E-state index is 12.8. The van der Waals surface area contributed by atoms with Crippen LogP contribution >= 0.6 is 11.8 Å². The van der Waals surface area contributed by atoms with Crippen molar-refractivity contribution in [2.45, 2.75) is 16.2 Å². The van der Waals surface area contributed by atoms with Crippen molar-refractivity contribution in [2.24, 2.45) is 0 Å². The van der Waals surface area contributed by atoms with Crippen molar-refractivity contribution in [3.8, 4) is 0 Å². The summed E-state index contributed by atoms with van der Waals surface area (Å²) in [6.07, 6.45) is -2.95. The van der Waals surface area contributed by atoms with Gasteiger partial charge in [0.25, 0.3) is 0 Å². The van der Waals surface area contributed by atoms with Crippen LogP contribution < -0.4 is 0 Å². The van der Waals surface area contributed by atoms with Gasteiger partial charge in [0.2, 0.25) is 0 Å². The standard InChI is InChI=1S/C10H6F3N3OS/c11-10(12,13)7-3-6(4-17)1-2-8(7)18-9-14-5-15-16-9/h1-5H,(H,14,15,16). The molecule has 1 N–H and O–H groups in total. The molecule has 0 atom stereocenters. The molecule has 1 heterocycles. The number of halogens is 3. The minimum absolute atomic E-state index is 0.0238. The summed E-state index contributed by atoms with van der Waals surface area (Å²) in [6, 6.07) is 3.37. The molecule has 18 heavy (non-hydrogen) atoms. The third-order valence-corrected chi connectivity index (χ3v) is 3.01. The monoisotopic (exact) mass is 273 g/mol. The van der Waals surface area contributed by atoms with Gasteiger partial charge in [-0.05, 0) is 23.9 Å². The van der Waals surface area contributed by atoms with Gasteiger partial charge in [0.15, 0.2) is 5.16 Å². The molecule has 1 aromatic carbocycles. The van der Waals surface area contributed by atoms with Crippen LogP contribution in [0, 0.1) is 0 Å². The zero-order valence-electron chi connectivity index (χ0n) is 8.73. The first-order valence-corrected chi connectivity index (χ1v) is 5.52. The Morgan fingerprint density at radius 1 is 1.33 bits per heavy atom. The first-order valence-electron chi connectivity index (χ1n) is 4.70. The molecule has 0 amide bonds. The minimum atomic E-state index is -4.53. The second-order valence-electron chi connectivity index (χ2n) is 3.26. The molecule has 2 rings (SSSR count). The summed E-state index contributed by atoms with van der Waals surface area (Å²) in [4.78, 5) is 14.2. The van der Waals surface area contributed by atoms with E-state index in [1.54, 1.807) is 0 Å². The topological polar surface area (TPSA) is 58.6 Å². The molecule has 0 saturated carbocycles. The van der Waals surface area contributed by atoms with Gasteiger partial charge in [0, 0.05) is 10.5 Å². The lowest BCUT2D eigenvalue weighted by atomic mass is 10.1. The maximum Gasteiger partial charge on any atom is 0.417 e. The Bertz CT molecular complexity index is 554. The van der Waals surface area contributed by atoms with Gasteiger partial charge in [-0.3, -0.25) is 9.89 Å². The fourth-order valence-electron chi connectivity index (χ4n) is 1.28. The van der Waals surface area contributed by atoms with Gasteiger partial charge >= 0.3 is 6.18 Å². The fraction of sp³-hybridized carbons (Fsp3) is 0.100. The SMILES string of the molecule is O=Cc1ccc(Sc2ncn[nH]2)c(C(F)(F)F)c1. The fourth-order valence-corrected chi connectivity index (χ4v) is 2.11. The molecule has 0 spiro atoms. The summed E-state index contributed by atoms with van der Waals surface area (Å²) in [5, 5.41) is 6.26. The third kappa shape index (κ3) is 2.70. The van der Waals surface area contributed by atoms with Crippen LogP contribution in [0.3, 0.4) is 0 Å². The van der Waals surface area contributed by atoms with Gasteiger partial charge in [-0.25, -0.2) is 4.98 Å². The number of nitrogens with one attached hydrogen (secondary N) is 1. The first-order chi connectivity index (χ1) is 8.50.